The molecule has 1 atom stereocenters. The van der Waals surface area contributed by atoms with Crippen LogP contribution in [0.2, 0.25) is 0 Å². The van der Waals surface area contributed by atoms with Crippen LogP contribution < -0.4 is 0 Å². The van der Waals surface area contributed by atoms with Gasteiger partial charge in [-0.15, -0.1) is 23.1 Å². The smallest absolute Gasteiger partial charge is 0.233 e. The van der Waals surface area contributed by atoms with Gasteiger partial charge in [0.05, 0.1) is 5.75 Å². The molecule has 24 heavy (non-hydrogen) atoms. The zero-order chi connectivity index (χ0) is 17.3. The zero-order valence-corrected chi connectivity index (χ0v) is 16.3. The van der Waals surface area contributed by atoms with Gasteiger partial charge in [-0.1, -0.05) is 13.8 Å². The molecule has 6 heteroatoms. The summed E-state index contributed by atoms with van der Waals surface area (Å²) in [5.74, 6) is 1.69. The average Bonchev–Trinajstić information content (AvgIpc) is 3.14. The summed E-state index contributed by atoms with van der Waals surface area (Å²) >= 11 is 3.51. The summed E-state index contributed by atoms with van der Waals surface area (Å²) in [5.41, 5.74) is 1.29. The summed E-state index contributed by atoms with van der Waals surface area (Å²) in [6, 6.07) is 2.14. The average molecular weight is 367 g/mol. The van der Waals surface area contributed by atoms with E-state index in [1.165, 1.54) is 10.4 Å². The third-order valence-electron chi connectivity index (χ3n) is 4.97. The largest absolute Gasteiger partial charge is 0.342 e. The second-order valence-electron chi connectivity index (χ2n) is 7.10. The van der Waals surface area contributed by atoms with Crippen molar-refractivity contribution in [1.29, 1.82) is 0 Å². The van der Waals surface area contributed by atoms with Crippen LogP contribution in [-0.4, -0.2) is 47.0 Å². The highest BCUT2D eigenvalue weighted by Crippen LogP contribution is 2.43. The van der Waals surface area contributed by atoms with Gasteiger partial charge in [0.1, 0.15) is 5.37 Å². The molecule has 0 radical (unpaired) electrons. The van der Waals surface area contributed by atoms with E-state index >= 15 is 0 Å². The lowest BCUT2D eigenvalue weighted by Gasteiger charge is -2.36. The fourth-order valence-corrected chi connectivity index (χ4v) is 5.96. The van der Waals surface area contributed by atoms with Gasteiger partial charge in [0, 0.05) is 30.4 Å². The SMILES string of the molecule is Cc1ccsc1C1SCC(=O)N1CC1CCN(C(=O)C(C)C)CC1. The van der Waals surface area contributed by atoms with Crippen LogP contribution in [0.4, 0.5) is 0 Å². The van der Waals surface area contributed by atoms with Gasteiger partial charge in [-0.05, 0) is 42.7 Å². The van der Waals surface area contributed by atoms with Crippen LogP contribution in [0.15, 0.2) is 11.4 Å². The normalized spacial score (nSPS) is 22.7. The minimum Gasteiger partial charge on any atom is -0.342 e. The Morgan fingerprint density at radius 3 is 2.62 bits per heavy atom. The Labute approximate surface area is 152 Å². The van der Waals surface area contributed by atoms with Crippen molar-refractivity contribution in [2.75, 3.05) is 25.4 Å². The summed E-state index contributed by atoms with van der Waals surface area (Å²) in [4.78, 5) is 29.9. The molecule has 1 aromatic rings. The van der Waals surface area contributed by atoms with Crippen LogP contribution in [-0.2, 0) is 9.59 Å². The molecular formula is C18H26N2O2S2. The fraction of sp³-hybridized carbons (Fsp3) is 0.667. The van der Waals surface area contributed by atoms with E-state index in [0.29, 0.717) is 11.7 Å². The van der Waals surface area contributed by atoms with Gasteiger partial charge in [-0.2, -0.15) is 0 Å². The van der Waals surface area contributed by atoms with Crippen molar-refractivity contribution in [3.05, 3.63) is 21.9 Å². The number of thiophene rings is 1. The van der Waals surface area contributed by atoms with E-state index in [0.717, 1.165) is 32.5 Å². The van der Waals surface area contributed by atoms with Gasteiger partial charge in [0.2, 0.25) is 11.8 Å². The van der Waals surface area contributed by atoms with Crippen molar-refractivity contribution in [2.24, 2.45) is 11.8 Å². The van der Waals surface area contributed by atoms with E-state index < -0.39 is 0 Å². The van der Waals surface area contributed by atoms with Gasteiger partial charge in [-0.25, -0.2) is 0 Å². The number of piperidine rings is 1. The number of nitrogens with zero attached hydrogens (tertiary/aromatic N) is 2. The molecule has 2 aliphatic heterocycles. The van der Waals surface area contributed by atoms with Crippen molar-refractivity contribution >= 4 is 34.9 Å². The van der Waals surface area contributed by atoms with Crippen molar-refractivity contribution in [2.45, 2.75) is 39.0 Å². The standard InChI is InChI=1S/C18H26N2O2S2/c1-12(2)17(22)19-7-4-14(5-8-19)10-20-15(21)11-24-18(20)16-13(3)6-9-23-16/h6,9,12,14,18H,4-5,7-8,10-11H2,1-3H3. The van der Waals surface area contributed by atoms with E-state index in [1.807, 2.05) is 18.7 Å². The number of carbonyl (C=O) groups excluding carboxylic acids is 2. The van der Waals surface area contributed by atoms with Crippen molar-refractivity contribution in [1.82, 2.24) is 9.80 Å². The van der Waals surface area contributed by atoms with Crippen LogP contribution in [0.3, 0.4) is 0 Å². The third-order valence-corrected chi connectivity index (χ3v) is 7.41. The lowest BCUT2D eigenvalue weighted by atomic mass is 9.95. The molecule has 2 saturated heterocycles. The van der Waals surface area contributed by atoms with Crippen LogP contribution in [0.5, 0.6) is 0 Å². The second kappa shape index (κ2) is 7.48. The molecule has 2 aliphatic rings. The van der Waals surface area contributed by atoms with E-state index in [-0.39, 0.29) is 23.1 Å². The minimum absolute atomic E-state index is 0.0734. The maximum Gasteiger partial charge on any atom is 0.233 e. The Hall–Kier alpha value is -1.01. The lowest BCUT2D eigenvalue weighted by Crippen LogP contribution is -2.43. The summed E-state index contributed by atoms with van der Waals surface area (Å²) in [6.45, 7) is 8.55. The molecule has 0 aliphatic carbocycles. The van der Waals surface area contributed by atoms with E-state index in [9.17, 15) is 9.59 Å². The van der Waals surface area contributed by atoms with Gasteiger partial charge in [-0.3, -0.25) is 9.59 Å². The molecule has 3 rings (SSSR count). The Bertz CT molecular complexity index is 606. The summed E-state index contributed by atoms with van der Waals surface area (Å²) in [7, 11) is 0. The van der Waals surface area contributed by atoms with Gasteiger partial charge < -0.3 is 9.80 Å². The molecule has 1 unspecified atom stereocenters. The number of amides is 2. The summed E-state index contributed by atoms with van der Waals surface area (Å²) in [6.07, 6.45) is 2.01. The third kappa shape index (κ3) is 3.64. The first kappa shape index (κ1) is 17.8. The molecule has 1 aromatic heterocycles. The summed E-state index contributed by atoms with van der Waals surface area (Å²) in [5, 5.41) is 2.30. The molecule has 3 heterocycles. The van der Waals surface area contributed by atoms with Crippen molar-refractivity contribution in [3.63, 3.8) is 0 Å². The molecule has 0 bridgehead atoms. The maximum absolute atomic E-state index is 12.4. The number of likely N-dealkylation sites (tertiary alicyclic amines) is 1. The maximum atomic E-state index is 12.4. The topological polar surface area (TPSA) is 40.6 Å². The Morgan fingerprint density at radius 2 is 2.04 bits per heavy atom. The number of hydrogen-bond acceptors (Lipinski definition) is 4. The first-order valence-electron chi connectivity index (χ1n) is 8.71. The molecular weight excluding hydrogens is 340 g/mol. The first-order chi connectivity index (χ1) is 11.5. The minimum atomic E-state index is 0.0734. The molecule has 4 nitrogen and oxygen atoms in total. The lowest BCUT2D eigenvalue weighted by molar-refractivity contribution is -0.136. The molecule has 0 spiro atoms. The molecule has 0 saturated carbocycles. The first-order valence-corrected chi connectivity index (χ1v) is 10.6. The Morgan fingerprint density at radius 1 is 1.33 bits per heavy atom. The van der Waals surface area contributed by atoms with Gasteiger partial charge in [0.15, 0.2) is 0 Å². The molecule has 0 aromatic carbocycles. The second-order valence-corrected chi connectivity index (χ2v) is 9.12. The highest BCUT2D eigenvalue weighted by atomic mass is 32.2. The van der Waals surface area contributed by atoms with Crippen LogP contribution >= 0.6 is 23.1 Å². The highest BCUT2D eigenvalue weighted by Gasteiger charge is 2.36. The number of carbonyl (C=O) groups is 2. The van der Waals surface area contributed by atoms with E-state index in [4.69, 9.17) is 0 Å². The number of rotatable bonds is 4. The number of aryl methyl sites for hydroxylation is 1. The van der Waals surface area contributed by atoms with Crippen LogP contribution in [0, 0.1) is 18.8 Å². The molecule has 2 amide bonds. The predicted molar refractivity (Wildman–Crippen MR) is 100 cm³/mol. The van der Waals surface area contributed by atoms with Crippen LogP contribution in [0.1, 0.15) is 42.5 Å². The molecule has 132 valence electrons. The Kier molecular flexibility index (Phi) is 5.55. The van der Waals surface area contributed by atoms with Crippen molar-refractivity contribution in [3.8, 4) is 0 Å². The quantitative estimate of drug-likeness (QED) is 0.818. The fourth-order valence-electron chi connectivity index (χ4n) is 3.49. The monoisotopic (exact) mass is 366 g/mol. The van der Waals surface area contributed by atoms with Gasteiger partial charge in [0.25, 0.3) is 0 Å². The Balaban J connectivity index is 1.60. The van der Waals surface area contributed by atoms with Crippen molar-refractivity contribution < 1.29 is 9.59 Å². The molecule has 0 N–H and O–H groups in total. The highest BCUT2D eigenvalue weighted by molar-refractivity contribution is 8.00. The molecule has 2 fully saturated rings. The summed E-state index contributed by atoms with van der Waals surface area (Å²) < 4.78 is 0. The van der Waals surface area contributed by atoms with Gasteiger partial charge >= 0.3 is 0 Å². The van der Waals surface area contributed by atoms with Crippen LogP contribution in [0.25, 0.3) is 0 Å². The van der Waals surface area contributed by atoms with E-state index in [1.54, 1.807) is 23.1 Å². The van der Waals surface area contributed by atoms with E-state index in [2.05, 4.69) is 23.3 Å². The number of thioether (sulfide) groups is 1. The predicted octanol–water partition coefficient (Wildman–Crippen LogP) is 3.53. The zero-order valence-electron chi connectivity index (χ0n) is 14.7. The number of hydrogen-bond donors (Lipinski definition) is 0.